The van der Waals surface area contributed by atoms with Crippen LogP contribution in [0, 0.1) is 5.41 Å². The van der Waals surface area contributed by atoms with E-state index >= 15 is 0 Å². The molecule has 0 bridgehead atoms. The summed E-state index contributed by atoms with van der Waals surface area (Å²) in [6.45, 7) is 8.99. The van der Waals surface area contributed by atoms with Crippen LogP contribution in [0.2, 0.25) is 0 Å². The van der Waals surface area contributed by atoms with Gasteiger partial charge in [0.15, 0.2) is 0 Å². The van der Waals surface area contributed by atoms with Crippen LogP contribution in [0.3, 0.4) is 0 Å². The zero-order valence-corrected chi connectivity index (χ0v) is 13.8. The van der Waals surface area contributed by atoms with E-state index < -0.39 is 10.1 Å². The maximum atomic E-state index is 9.95. The molecule has 0 aliphatic rings. The fourth-order valence-electron chi connectivity index (χ4n) is 0.327. The molecule has 0 aliphatic heterocycles. The summed E-state index contributed by atoms with van der Waals surface area (Å²) in [4.78, 5) is 2.00. The van der Waals surface area contributed by atoms with Gasteiger partial charge in [-0.15, -0.1) is 0 Å². The van der Waals surface area contributed by atoms with Gasteiger partial charge in [0.25, 0.3) is 10.1 Å². The lowest BCUT2D eigenvalue weighted by Gasteiger charge is -2.12. The number of hydrogen-bond donors (Lipinski definition) is 2. The lowest BCUT2D eigenvalue weighted by molar-refractivity contribution is 0.428. The third-order valence-electron chi connectivity index (χ3n) is 1.37. The summed E-state index contributed by atoms with van der Waals surface area (Å²) in [5, 5.41) is 0. The van der Waals surface area contributed by atoms with Crippen LogP contribution in [0.15, 0.2) is 0 Å². The van der Waals surface area contributed by atoms with E-state index in [-0.39, 0.29) is 5.75 Å². The molecule has 0 saturated carbocycles. The van der Waals surface area contributed by atoms with E-state index in [9.17, 15) is 8.42 Å². The Morgan fingerprint density at radius 3 is 1.50 bits per heavy atom. The van der Waals surface area contributed by atoms with Gasteiger partial charge >= 0.3 is 0 Å². The SMILES string of the molecule is CC(C)(C)CN.CCCCS(=O)(=O)O.CN(C)C. The Hall–Kier alpha value is -0.170. The highest BCUT2D eigenvalue weighted by Gasteiger charge is 2.03. The molecular formula is C12H32N2O3S. The first-order valence-corrected chi connectivity index (χ1v) is 7.72. The van der Waals surface area contributed by atoms with Crippen molar-refractivity contribution in [3.8, 4) is 0 Å². The maximum absolute atomic E-state index is 9.95. The van der Waals surface area contributed by atoms with E-state index in [0.29, 0.717) is 11.8 Å². The highest BCUT2D eigenvalue weighted by Crippen LogP contribution is 2.07. The number of rotatable bonds is 3. The zero-order valence-electron chi connectivity index (χ0n) is 13.0. The largest absolute Gasteiger partial charge is 0.330 e. The van der Waals surface area contributed by atoms with Crippen molar-refractivity contribution in [2.24, 2.45) is 11.1 Å². The Labute approximate surface area is 113 Å². The molecule has 0 unspecified atom stereocenters. The first-order chi connectivity index (χ1) is 7.85. The first-order valence-electron chi connectivity index (χ1n) is 6.12. The van der Waals surface area contributed by atoms with Gasteiger partial charge in [-0.1, -0.05) is 34.1 Å². The Balaban J connectivity index is -0.000000200. The molecule has 0 atom stereocenters. The van der Waals surface area contributed by atoms with Crippen LogP contribution in [0.1, 0.15) is 40.5 Å². The van der Waals surface area contributed by atoms with Crippen LogP contribution in [0.25, 0.3) is 0 Å². The van der Waals surface area contributed by atoms with Crippen LogP contribution in [-0.2, 0) is 10.1 Å². The minimum atomic E-state index is -3.69. The second-order valence-corrected chi connectivity index (χ2v) is 7.32. The van der Waals surface area contributed by atoms with Gasteiger partial charge in [-0.25, -0.2) is 0 Å². The predicted octanol–water partition coefficient (Wildman–Crippen LogP) is 1.84. The Morgan fingerprint density at radius 1 is 1.17 bits per heavy atom. The molecule has 0 spiro atoms. The summed E-state index contributed by atoms with van der Waals surface area (Å²) >= 11 is 0. The highest BCUT2D eigenvalue weighted by molar-refractivity contribution is 7.85. The predicted molar refractivity (Wildman–Crippen MR) is 79.4 cm³/mol. The summed E-state index contributed by atoms with van der Waals surface area (Å²) in [6.07, 6.45) is 1.33. The van der Waals surface area contributed by atoms with Crippen LogP contribution in [-0.4, -0.2) is 51.3 Å². The molecule has 0 amide bonds. The second-order valence-electron chi connectivity index (χ2n) is 5.75. The molecule has 0 saturated heterocycles. The van der Waals surface area contributed by atoms with E-state index in [1.165, 1.54) is 0 Å². The van der Waals surface area contributed by atoms with Crippen LogP contribution in [0.5, 0.6) is 0 Å². The average Bonchev–Trinajstić information content (AvgIpc) is 2.12. The lowest BCUT2D eigenvalue weighted by atomic mass is 9.98. The molecule has 6 heteroatoms. The summed E-state index contributed by atoms with van der Waals surface area (Å²) in [5.41, 5.74) is 5.62. The molecule has 0 radical (unpaired) electrons. The van der Waals surface area contributed by atoms with E-state index in [1.807, 2.05) is 33.0 Å². The quantitative estimate of drug-likeness (QED) is 0.773. The van der Waals surface area contributed by atoms with Crippen molar-refractivity contribution >= 4 is 10.1 Å². The van der Waals surface area contributed by atoms with E-state index in [1.54, 1.807) is 0 Å². The Kier molecular flexibility index (Phi) is 15.2. The summed E-state index contributed by atoms with van der Waals surface area (Å²) < 4.78 is 28.0. The van der Waals surface area contributed by atoms with Crippen molar-refractivity contribution in [1.82, 2.24) is 4.90 Å². The van der Waals surface area contributed by atoms with Crippen molar-refractivity contribution in [2.45, 2.75) is 40.5 Å². The van der Waals surface area contributed by atoms with Gasteiger partial charge in [-0.3, -0.25) is 4.55 Å². The molecule has 0 heterocycles. The Bertz CT molecular complexity index is 254. The molecule has 18 heavy (non-hydrogen) atoms. The van der Waals surface area contributed by atoms with Gasteiger partial charge < -0.3 is 10.6 Å². The van der Waals surface area contributed by atoms with Crippen molar-refractivity contribution < 1.29 is 13.0 Å². The molecule has 0 fully saturated rings. The van der Waals surface area contributed by atoms with Gasteiger partial charge in [-0.2, -0.15) is 8.42 Å². The summed E-state index contributed by atoms with van der Waals surface area (Å²) in [7, 11) is 2.31. The standard InChI is InChI=1S/C5H13N.C4H10O3S.C3H9N/c1-5(2,3)4-6;1-2-3-4-8(5,6)7;1-4(2)3/h4,6H2,1-3H3;2-4H2,1H3,(H,5,6,7);1-3H3. The van der Waals surface area contributed by atoms with Gasteiger partial charge in [-0.05, 0) is 39.5 Å². The number of nitrogens with zero attached hydrogens (tertiary/aromatic N) is 1. The minimum absolute atomic E-state index is 0.108. The smallest absolute Gasteiger partial charge is 0.264 e. The lowest BCUT2D eigenvalue weighted by Crippen LogP contribution is -2.18. The summed E-state index contributed by atoms with van der Waals surface area (Å²) in [5.74, 6) is -0.108. The Morgan fingerprint density at radius 2 is 1.44 bits per heavy atom. The highest BCUT2D eigenvalue weighted by atomic mass is 32.2. The third kappa shape index (κ3) is 56.8. The molecule has 114 valence electrons. The van der Waals surface area contributed by atoms with Crippen molar-refractivity contribution in [3.63, 3.8) is 0 Å². The van der Waals surface area contributed by atoms with Gasteiger partial charge in [0.2, 0.25) is 0 Å². The average molecular weight is 284 g/mol. The van der Waals surface area contributed by atoms with Crippen molar-refractivity contribution in [3.05, 3.63) is 0 Å². The monoisotopic (exact) mass is 284 g/mol. The fraction of sp³-hybridized carbons (Fsp3) is 1.00. The maximum Gasteiger partial charge on any atom is 0.264 e. The van der Waals surface area contributed by atoms with Crippen LogP contribution < -0.4 is 5.73 Å². The minimum Gasteiger partial charge on any atom is -0.330 e. The number of hydrogen-bond acceptors (Lipinski definition) is 4. The fourth-order valence-corrected chi connectivity index (χ4v) is 0.980. The molecule has 0 aliphatic carbocycles. The van der Waals surface area contributed by atoms with E-state index in [4.69, 9.17) is 10.3 Å². The number of nitrogens with two attached hydrogens (primary N) is 1. The molecule has 3 N–H and O–H groups in total. The van der Waals surface area contributed by atoms with Gasteiger partial charge in [0, 0.05) is 0 Å². The van der Waals surface area contributed by atoms with E-state index in [2.05, 4.69) is 20.8 Å². The summed E-state index contributed by atoms with van der Waals surface area (Å²) in [6, 6.07) is 0. The molecule has 0 aromatic rings. The van der Waals surface area contributed by atoms with Crippen LogP contribution >= 0.6 is 0 Å². The molecule has 0 aromatic heterocycles. The second kappa shape index (κ2) is 11.9. The topological polar surface area (TPSA) is 83.6 Å². The molecule has 0 rings (SSSR count). The number of unbranched alkanes of at least 4 members (excludes halogenated alkanes) is 1. The zero-order chi connectivity index (χ0) is 15.4. The van der Waals surface area contributed by atoms with E-state index in [0.717, 1.165) is 13.0 Å². The van der Waals surface area contributed by atoms with Crippen LogP contribution in [0.4, 0.5) is 0 Å². The normalized spacial score (nSPS) is 11.2. The molecule has 5 nitrogen and oxygen atoms in total. The third-order valence-corrected chi connectivity index (χ3v) is 2.17. The molecule has 0 aromatic carbocycles. The van der Waals surface area contributed by atoms with Gasteiger partial charge in [0.1, 0.15) is 0 Å². The van der Waals surface area contributed by atoms with Gasteiger partial charge in [0.05, 0.1) is 5.75 Å². The van der Waals surface area contributed by atoms with Crippen molar-refractivity contribution in [2.75, 3.05) is 33.4 Å². The van der Waals surface area contributed by atoms with Crippen molar-refractivity contribution in [1.29, 1.82) is 0 Å². The molecular weight excluding hydrogens is 252 g/mol. The first kappa shape index (κ1) is 23.0.